The average molecular weight is 299 g/mol. The number of thioether (sulfide) groups is 1. The van der Waals surface area contributed by atoms with Crippen LogP contribution >= 0.6 is 11.8 Å². The van der Waals surface area contributed by atoms with Gasteiger partial charge in [0.25, 0.3) is 0 Å². The number of hydrogen-bond acceptors (Lipinski definition) is 6. The molecule has 0 radical (unpaired) electrons. The highest BCUT2D eigenvalue weighted by molar-refractivity contribution is 7.99. The summed E-state index contributed by atoms with van der Waals surface area (Å²) in [6.45, 7) is 0.500. The zero-order chi connectivity index (χ0) is 14.4. The van der Waals surface area contributed by atoms with Crippen molar-refractivity contribution in [1.29, 1.82) is 0 Å². The molecule has 20 heavy (non-hydrogen) atoms. The van der Waals surface area contributed by atoms with Crippen LogP contribution in [0.4, 0.5) is 0 Å². The van der Waals surface area contributed by atoms with E-state index in [2.05, 4.69) is 20.8 Å². The van der Waals surface area contributed by atoms with Gasteiger partial charge >= 0.3 is 0 Å². The molecule has 0 saturated heterocycles. The summed E-state index contributed by atoms with van der Waals surface area (Å²) >= 11 is 1.47. The standard InChI is InChI=1S/C12H21N5O2S/c1-17-12(14-15-16-17)20-8-7-13-11(19)10(18)9-5-3-2-4-6-9/h9-10,18H,2-8H2,1H3,(H,13,19)/t10-/m1/s1. The number of nitrogens with zero attached hydrogens (tertiary/aromatic N) is 4. The number of carbonyl (C=O) groups is 1. The Morgan fingerprint density at radius 3 is 2.90 bits per heavy atom. The Hall–Kier alpha value is -1.15. The lowest BCUT2D eigenvalue weighted by Gasteiger charge is -2.25. The molecule has 2 rings (SSSR count). The van der Waals surface area contributed by atoms with Gasteiger partial charge in [-0.15, -0.1) is 5.10 Å². The molecule has 0 unspecified atom stereocenters. The van der Waals surface area contributed by atoms with Crippen molar-refractivity contribution in [3.8, 4) is 0 Å². The molecule has 1 atom stereocenters. The third-order valence-electron chi connectivity index (χ3n) is 3.58. The first-order valence-corrected chi connectivity index (χ1v) is 7.98. The van der Waals surface area contributed by atoms with Crippen molar-refractivity contribution in [3.05, 3.63) is 0 Å². The van der Waals surface area contributed by atoms with Crippen LogP contribution in [0.2, 0.25) is 0 Å². The molecule has 1 heterocycles. The molecule has 0 spiro atoms. The van der Waals surface area contributed by atoms with Crippen LogP contribution in [0.25, 0.3) is 0 Å². The monoisotopic (exact) mass is 299 g/mol. The maximum atomic E-state index is 11.9. The molecule has 0 aliphatic heterocycles. The largest absolute Gasteiger partial charge is 0.383 e. The molecule has 1 amide bonds. The molecular formula is C12H21N5O2S. The van der Waals surface area contributed by atoms with Gasteiger partial charge in [0, 0.05) is 19.3 Å². The molecule has 112 valence electrons. The van der Waals surface area contributed by atoms with Gasteiger partial charge < -0.3 is 10.4 Å². The Morgan fingerprint density at radius 2 is 2.25 bits per heavy atom. The molecule has 7 nitrogen and oxygen atoms in total. The van der Waals surface area contributed by atoms with E-state index in [0.29, 0.717) is 17.5 Å². The van der Waals surface area contributed by atoms with Crippen molar-refractivity contribution in [2.75, 3.05) is 12.3 Å². The lowest BCUT2D eigenvalue weighted by Crippen LogP contribution is -2.40. The summed E-state index contributed by atoms with van der Waals surface area (Å²) in [6, 6.07) is 0. The number of tetrazole rings is 1. The van der Waals surface area contributed by atoms with E-state index in [4.69, 9.17) is 0 Å². The van der Waals surface area contributed by atoms with Crippen molar-refractivity contribution in [2.24, 2.45) is 13.0 Å². The molecule has 1 aromatic rings. The summed E-state index contributed by atoms with van der Waals surface area (Å²) in [4.78, 5) is 11.9. The Labute approximate surface area is 122 Å². The Morgan fingerprint density at radius 1 is 1.50 bits per heavy atom. The fourth-order valence-corrected chi connectivity index (χ4v) is 3.13. The highest BCUT2D eigenvalue weighted by Gasteiger charge is 2.27. The van der Waals surface area contributed by atoms with Crippen LogP contribution in [0.1, 0.15) is 32.1 Å². The molecule has 1 aliphatic carbocycles. The van der Waals surface area contributed by atoms with Gasteiger partial charge in [-0.2, -0.15) is 0 Å². The maximum Gasteiger partial charge on any atom is 0.249 e. The second-order valence-corrected chi connectivity index (χ2v) is 6.13. The van der Waals surface area contributed by atoms with Gasteiger partial charge in [0.2, 0.25) is 11.1 Å². The third kappa shape index (κ3) is 4.17. The van der Waals surface area contributed by atoms with Gasteiger partial charge in [-0.3, -0.25) is 4.79 Å². The van der Waals surface area contributed by atoms with E-state index in [9.17, 15) is 9.90 Å². The number of aromatic nitrogens is 4. The molecule has 1 aromatic heterocycles. The van der Waals surface area contributed by atoms with E-state index in [1.54, 1.807) is 11.7 Å². The predicted molar refractivity (Wildman–Crippen MR) is 75.1 cm³/mol. The highest BCUT2D eigenvalue weighted by atomic mass is 32.2. The van der Waals surface area contributed by atoms with Crippen LogP contribution in [0.15, 0.2) is 5.16 Å². The molecule has 1 saturated carbocycles. The molecule has 1 fully saturated rings. The summed E-state index contributed by atoms with van der Waals surface area (Å²) < 4.78 is 1.59. The number of carbonyl (C=O) groups excluding carboxylic acids is 1. The van der Waals surface area contributed by atoms with Gasteiger partial charge in [0.15, 0.2) is 0 Å². The number of nitrogens with one attached hydrogen (secondary N) is 1. The first-order chi connectivity index (χ1) is 9.68. The van der Waals surface area contributed by atoms with Crippen molar-refractivity contribution >= 4 is 17.7 Å². The first kappa shape index (κ1) is 15.2. The second-order valence-electron chi connectivity index (χ2n) is 5.07. The second kappa shape index (κ2) is 7.58. The Balaban J connectivity index is 1.65. The van der Waals surface area contributed by atoms with Gasteiger partial charge in [-0.25, -0.2) is 4.68 Å². The van der Waals surface area contributed by atoms with Crippen molar-refractivity contribution in [3.63, 3.8) is 0 Å². The number of amides is 1. The molecule has 8 heteroatoms. The quantitative estimate of drug-likeness (QED) is 0.582. The van der Waals surface area contributed by atoms with Crippen LogP contribution < -0.4 is 5.32 Å². The fourth-order valence-electron chi connectivity index (χ4n) is 2.43. The van der Waals surface area contributed by atoms with Crippen LogP contribution in [0.3, 0.4) is 0 Å². The summed E-state index contributed by atoms with van der Waals surface area (Å²) in [5, 5.41) is 24.6. The van der Waals surface area contributed by atoms with Gasteiger partial charge in [0.1, 0.15) is 6.10 Å². The Kier molecular flexibility index (Phi) is 5.78. The summed E-state index contributed by atoms with van der Waals surface area (Å²) in [5.74, 6) is 0.546. The zero-order valence-electron chi connectivity index (χ0n) is 11.7. The topological polar surface area (TPSA) is 92.9 Å². The SMILES string of the molecule is Cn1nnnc1SCCNC(=O)[C@H](O)C1CCCCC1. The number of rotatable bonds is 6. The molecular weight excluding hydrogens is 278 g/mol. The molecule has 1 aliphatic rings. The van der Waals surface area contributed by atoms with E-state index in [0.717, 1.165) is 25.7 Å². The third-order valence-corrected chi connectivity index (χ3v) is 4.59. The zero-order valence-corrected chi connectivity index (χ0v) is 12.5. The van der Waals surface area contributed by atoms with Gasteiger partial charge in [-0.05, 0) is 29.2 Å². The molecule has 0 aromatic carbocycles. The number of aliphatic hydroxyl groups excluding tert-OH is 1. The van der Waals surface area contributed by atoms with Crippen molar-refractivity contribution in [1.82, 2.24) is 25.5 Å². The summed E-state index contributed by atoms with van der Waals surface area (Å²) in [7, 11) is 1.77. The van der Waals surface area contributed by atoms with E-state index in [1.807, 2.05) is 0 Å². The van der Waals surface area contributed by atoms with E-state index < -0.39 is 6.10 Å². The van der Waals surface area contributed by atoms with E-state index in [1.165, 1.54) is 18.2 Å². The first-order valence-electron chi connectivity index (χ1n) is 6.99. The normalized spacial score (nSPS) is 17.9. The minimum atomic E-state index is -0.864. The number of aliphatic hydroxyl groups is 1. The maximum absolute atomic E-state index is 11.9. The lowest BCUT2D eigenvalue weighted by molar-refractivity contribution is -0.132. The fraction of sp³-hybridized carbons (Fsp3) is 0.833. The smallest absolute Gasteiger partial charge is 0.249 e. The highest BCUT2D eigenvalue weighted by Crippen LogP contribution is 2.26. The minimum Gasteiger partial charge on any atom is -0.383 e. The Bertz CT molecular complexity index is 433. The molecule has 2 N–H and O–H groups in total. The van der Waals surface area contributed by atoms with Crippen molar-refractivity contribution in [2.45, 2.75) is 43.4 Å². The van der Waals surface area contributed by atoms with Crippen LogP contribution in [0, 0.1) is 5.92 Å². The van der Waals surface area contributed by atoms with E-state index >= 15 is 0 Å². The number of aryl methyl sites for hydroxylation is 1. The molecule has 0 bridgehead atoms. The van der Waals surface area contributed by atoms with Crippen LogP contribution in [0.5, 0.6) is 0 Å². The predicted octanol–water partition coefficient (Wildman–Crippen LogP) is 0.360. The van der Waals surface area contributed by atoms with Crippen molar-refractivity contribution < 1.29 is 9.90 Å². The average Bonchev–Trinajstić information content (AvgIpc) is 2.89. The minimum absolute atomic E-state index is 0.124. The summed E-state index contributed by atoms with van der Waals surface area (Å²) in [6.07, 6.45) is 4.49. The lowest BCUT2D eigenvalue weighted by atomic mass is 9.85. The van der Waals surface area contributed by atoms with Crippen LogP contribution in [-0.2, 0) is 11.8 Å². The van der Waals surface area contributed by atoms with E-state index in [-0.39, 0.29) is 11.8 Å². The summed E-state index contributed by atoms with van der Waals surface area (Å²) in [5.41, 5.74) is 0. The number of hydrogen-bond donors (Lipinski definition) is 2. The van der Waals surface area contributed by atoms with Gasteiger partial charge in [-0.1, -0.05) is 31.0 Å². The van der Waals surface area contributed by atoms with Gasteiger partial charge in [0.05, 0.1) is 0 Å². The van der Waals surface area contributed by atoms with Crippen LogP contribution in [-0.4, -0.2) is 49.6 Å².